The summed E-state index contributed by atoms with van der Waals surface area (Å²) in [5.74, 6) is 1.22. The van der Waals surface area contributed by atoms with Crippen LogP contribution >= 0.6 is 0 Å². The number of nitrogens with one attached hydrogen (secondary N) is 1. The van der Waals surface area contributed by atoms with Crippen LogP contribution < -0.4 is 5.32 Å². The molecule has 0 unspecified atom stereocenters. The van der Waals surface area contributed by atoms with Crippen LogP contribution in [0.1, 0.15) is 24.0 Å². The lowest BCUT2D eigenvalue weighted by Crippen LogP contribution is -2.29. The van der Waals surface area contributed by atoms with Crippen LogP contribution in [-0.4, -0.2) is 68.9 Å². The molecule has 1 aliphatic heterocycles. The van der Waals surface area contributed by atoms with Crippen molar-refractivity contribution in [1.29, 1.82) is 0 Å². The summed E-state index contributed by atoms with van der Waals surface area (Å²) in [6.45, 7) is 3.51. The molecule has 0 aromatic heterocycles. The lowest BCUT2D eigenvalue weighted by Gasteiger charge is -2.18. The fourth-order valence-electron chi connectivity index (χ4n) is 2.58. The van der Waals surface area contributed by atoms with Gasteiger partial charge in [-0.15, -0.1) is 0 Å². The summed E-state index contributed by atoms with van der Waals surface area (Å²) >= 11 is 0. The van der Waals surface area contributed by atoms with Crippen LogP contribution in [0.3, 0.4) is 0 Å². The lowest BCUT2D eigenvalue weighted by atomic mass is 10.1. The molecule has 1 aliphatic rings. The molecule has 0 radical (unpaired) electrons. The molecule has 0 saturated carbocycles. The maximum atomic E-state index is 12.1. The van der Waals surface area contributed by atoms with E-state index in [1.54, 1.807) is 0 Å². The molecule has 2 rings (SSSR count). The third-order valence-corrected chi connectivity index (χ3v) is 4.06. The topological polar surface area (TPSA) is 47.9 Å². The van der Waals surface area contributed by atoms with E-state index in [0.717, 1.165) is 50.4 Å². The molecule has 0 atom stereocenters. The van der Waals surface area contributed by atoms with Crippen molar-refractivity contribution >= 4 is 11.7 Å². The van der Waals surface area contributed by atoms with E-state index in [-0.39, 0.29) is 5.91 Å². The molecule has 0 fully saturated rings. The molecular formula is C18H28N4O. The van der Waals surface area contributed by atoms with Crippen molar-refractivity contribution in [2.75, 3.05) is 47.3 Å². The van der Waals surface area contributed by atoms with Gasteiger partial charge in [-0.3, -0.25) is 9.79 Å². The van der Waals surface area contributed by atoms with E-state index < -0.39 is 0 Å². The zero-order chi connectivity index (χ0) is 16.7. The van der Waals surface area contributed by atoms with Gasteiger partial charge < -0.3 is 15.1 Å². The Kier molecular flexibility index (Phi) is 6.59. The van der Waals surface area contributed by atoms with Crippen molar-refractivity contribution in [3.05, 3.63) is 35.4 Å². The van der Waals surface area contributed by atoms with Crippen LogP contribution in [0.15, 0.2) is 29.3 Å². The Balaban J connectivity index is 1.75. The quantitative estimate of drug-likeness (QED) is 0.788. The molecule has 0 spiro atoms. The molecule has 0 bridgehead atoms. The number of likely N-dealkylation sites (N-methyl/N-ethyl adjacent to an activating group) is 1. The lowest BCUT2D eigenvalue weighted by molar-refractivity contribution is -0.130. The van der Waals surface area contributed by atoms with Gasteiger partial charge in [-0.1, -0.05) is 24.3 Å². The minimum absolute atomic E-state index is 0.230. The molecule has 1 aromatic rings. The molecule has 1 amide bonds. The summed E-state index contributed by atoms with van der Waals surface area (Å²) in [6.07, 6.45) is 2.43. The van der Waals surface area contributed by atoms with Gasteiger partial charge in [0.2, 0.25) is 5.91 Å². The highest BCUT2D eigenvalue weighted by Gasteiger charge is 2.10. The van der Waals surface area contributed by atoms with E-state index >= 15 is 0 Å². The van der Waals surface area contributed by atoms with Crippen molar-refractivity contribution in [3.8, 4) is 0 Å². The first-order valence-electron chi connectivity index (χ1n) is 8.32. The van der Waals surface area contributed by atoms with Gasteiger partial charge >= 0.3 is 0 Å². The highest BCUT2D eigenvalue weighted by atomic mass is 16.2. The number of aliphatic imine (C=N–C) groups is 1. The standard InChI is InChI=1S/C18H28N4O/c1-21(2)13-4-5-17(23)22(3)14-10-15-6-8-16(9-7-15)18-19-11-12-20-18/h6-9H,4-5,10-14H2,1-3H3,(H,19,20). The SMILES string of the molecule is CN(C)CCCC(=O)N(C)CCc1ccc(C2=NCCN2)cc1. The van der Waals surface area contributed by atoms with Gasteiger partial charge in [0.05, 0.1) is 6.54 Å². The summed E-state index contributed by atoms with van der Waals surface area (Å²) in [6, 6.07) is 8.46. The highest BCUT2D eigenvalue weighted by molar-refractivity contribution is 5.99. The van der Waals surface area contributed by atoms with Crippen LogP contribution in [-0.2, 0) is 11.2 Å². The van der Waals surface area contributed by atoms with E-state index in [0.29, 0.717) is 6.42 Å². The molecule has 126 valence electrons. The number of amidine groups is 1. The second kappa shape index (κ2) is 8.67. The number of benzene rings is 1. The van der Waals surface area contributed by atoms with E-state index in [2.05, 4.69) is 39.5 Å². The average Bonchev–Trinajstić information content (AvgIpc) is 3.07. The summed E-state index contributed by atoms with van der Waals surface area (Å²) < 4.78 is 0. The van der Waals surface area contributed by atoms with Crippen molar-refractivity contribution in [1.82, 2.24) is 15.1 Å². The normalized spacial score (nSPS) is 13.8. The van der Waals surface area contributed by atoms with Gasteiger partial charge in [0.1, 0.15) is 5.84 Å². The Morgan fingerprint density at radius 3 is 2.52 bits per heavy atom. The van der Waals surface area contributed by atoms with E-state index in [9.17, 15) is 4.79 Å². The van der Waals surface area contributed by atoms with Gasteiger partial charge in [-0.25, -0.2) is 0 Å². The molecule has 1 aromatic carbocycles. The summed E-state index contributed by atoms with van der Waals surface area (Å²) in [4.78, 5) is 20.4. The minimum atomic E-state index is 0.230. The van der Waals surface area contributed by atoms with E-state index in [1.807, 2.05) is 26.0 Å². The smallest absolute Gasteiger partial charge is 0.222 e. The van der Waals surface area contributed by atoms with Gasteiger partial charge in [0.15, 0.2) is 0 Å². The van der Waals surface area contributed by atoms with Crippen molar-refractivity contribution < 1.29 is 4.79 Å². The van der Waals surface area contributed by atoms with Crippen LogP contribution in [0.4, 0.5) is 0 Å². The molecular weight excluding hydrogens is 288 g/mol. The second-order valence-electron chi connectivity index (χ2n) is 6.33. The maximum absolute atomic E-state index is 12.1. The first-order valence-corrected chi connectivity index (χ1v) is 8.32. The van der Waals surface area contributed by atoms with Gasteiger partial charge in [-0.05, 0) is 39.0 Å². The zero-order valence-corrected chi connectivity index (χ0v) is 14.5. The van der Waals surface area contributed by atoms with Crippen molar-refractivity contribution in [2.24, 2.45) is 4.99 Å². The maximum Gasteiger partial charge on any atom is 0.222 e. The van der Waals surface area contributed by atoms with Gasteiger partial charge in [-0.2, -0.15) is 0 Å². The Labute approximate surface area is 139 Å². The number of carbonyl (C=O) groups is 1. The average molecular weight is 316 g/mol. The first kappa shape index (κ1) is 17.5. The first-order chi connectivity index (χ1) is 11.1. The Bertz CT molecular complexity index is 536. The zero-order valence-electron chi connectivity index (χ0n) is 14.5. The number of nitrogens with zero attached hydrogens (tertiary/aromatic N) is 3. The van der Waals surface area contributed by atoms with Crippen LogP contribution in [0.2, 0.25) is 0 Å². The Morgan fingerprint density at radius 2 is 1.91 bits per heavy atom. The second-order valence-corrected chi connectivity index (χ2v) is 6.33. The molecule has 5 nitrogen and oxygen atoms in total. The van der Waals surface area contributed by atoms with Gasteiger partial charge in [0, 0.05) is 32.1 Å². The molecule has 5 heteroatoms. The van der Waals surface area contributed by atoms with Crippen molar-refractivity contribution in [2.45, 2.75) is 19.3 Å². The van der Waals surface area contributed by atoms with Crippen LogP contribution in [0.25, 0.3) is 0 Å². The largest absolute Gasteiger partial charge is 0.368 e. The fourth-order valence-corrected chi connectivity index (χ4v) is 2.58. The monoisotopic (exact) mass is 316 g/mol. The van der Waals surface area contributed by atoms with Crippen LogP contribution in [0, 0.1) is 0 Å². The third-order valence-electron chi connectivity index (χ3n) is 4.06. The molecule has 1 N–H and O–H groups in total. The number of hydrogen-bond acceptors (Lipinski definition) is 4. The third kappa shape index (κ3) is 5.67. The highest BCUT2D eigenvalue weighted by Crippen LogP contribution is 2.08. The van der Waals surface area contributed by atoms with E-state index in [1.165, 1.54) is 5.56 Å². The predicted molar refractivity (Wildman–Crippen MR) is 95.0 cm³/mol. The van der Waals surface area contributed by atoms with Gasteiger partial charge in [0.25, 0.3) is 0 Å². The fraction of sp³-hybridized carbons (Fsp3) is 0.556. The number of rotatable bonds is 8. The number of amides is 1. The summed E-state index contributed by atoms with van der Waals surface area (Å²) in [5.41, 5.74) is 2.39. The molecule has 0 aliphatic carbocycles. The number of hydrogen-bond donors (Lipinski definition) is 1. The molecule has 0 saturated heterocycles. The Morgan fingerprint density at radius 1 is 1.17 bits per heavy atom. The van der Waals surface area contributed by atoms with E-state index in [4.69, 9.17) is 0 Å². The number of carbonyl (C=O) groups excluding carboxylic acids is 1. The van der Waals surface area contributed by atoms with Crippen molar-refractivity contribution in [3.63, 3.8) is 0 Å². The summed E-state index contributed by atoms with van der Waals surface area (Å²) in [7, 11) is 5.96. The van der Waals surface area contributed by atoms with Crippen LogP contribution in [0.5, 0.6) is 0 Å². The Hall–Kier alpha value is -1.88. The minimum Gasteiger partial charge on any atom is -0.368 e. The molecule has 1 heterocycles. The molecule has 23 heavy (non-hydrogen) atoms. The summed E-state index contributed by atoms with van der Waals surface area (Å²) in [5, 5.41) is 3.28. The predicted octanol–water partition coefficient (Wildman–Crippen LogP) is 1.38.